The maximum Gasteiger partial charge on any atom is 0.129 e. The van der Waals surface area contributed by atoms with E-state index in [4.69, 9.17) is 5.11 Å². The average Bonchev–Trinajstić information content (AvgIpc) is 2.44. The molecule has 2 nitrogen and oxygen atoms in total. The molecule has 3 rings (SSSR count). The zero-order valence-corrected chi connectivity index (χ0v) is 12.0. The Bertz CT molecular complexity index is 460. The second kappa shape index (κ2) is 5.82. The lowest BCUT2D eigenvalue weighted by molar-refractivity contribution is 0.0379. The van der Waals surface area contributed by atoms with Gasteiger partial charge in [-0.3, -0.25) is 0 Å². The van der Waals surface area contributed by atoms with E-state index in [2.05, 4.69) is 5.32 Å². The van der Waals surface area contributed by atoms with Crippen molar-refractivity contribution in [1.29, 1.82) is 0 Å². The minimum atomic E-state index is -0.302. The molecule has 0 atom stereocenters. The Morgan fingerprint density at radius 2 is 1.95 bits per heavy atom. The van der Waals surface area contributed by atoms with E-state index >= 15 is 0 Å². The van der Waals surface area contributed by atoms with Crippen LogP contribution in [0.4, 0.5) is 4.39 Å². The summed E-state index contributed by atoms with van der Waals surface area (Å²) in [4.78, 5) is 0. The molecule has 0 aromatic heterocycles. The SMILES string of the molecule is OCc1ccc(CNC2CC3(CCCCC3)C2)cc1F. The molecule has 1 spiro atoms. The minimum absolute atomic E-state index is 0.231. The molecule has 0 saturated heterocycles. The summed E-state index contributed by atoms with van der Waals surface area (Å²) in [6.07, 6.45) is 9.63. The zero-order valence-electron chi connectivity index (χ0n) is 12.0. The second-order valence-corrected chi connectivity index (χ2v) is 6.63. The van der Waals surface area contributed by atoms with Gasteiger partial charge in [0.25, 0.3) is 0 Å². The molecule has 1 aromatic rings. The van der Waals surface area contributed by atoms with Crippen LogP contribution in [0.1, 0.15) is 56.1 Å². The normalized spacial score (nSPS) is 21.9. The molecule has 20 heavy (non-hydrogen) atoms. The third-order valence-corrected chi connectivity index (χ3v) is 5.16. The van der Waals surface area contributed by atoms with Crippen molar-refractivity contribution in [3.05, 3.63) is 35.1 Å². The van der Waals surface area contributed by atoms with Gasteiger partial charge in [0, 0.05) is 18.2 Å². The summed E-state index contributed by atoms with van der Waals surface area (Å²) >= 11 is 0. The van der Waals surface area contributed by atoms with Gasteiger partial charge in [-0.05, 0) is 42.7 Å². The fraction of sp³-hybridized carbons (Fsp3) is 0.647. The van der Waals surface area contributed by atoms with Crippen molar-refractivity contribution in [2.24, 2.45) is 5.41 Å². The van der Waals surface area contributed by atoms with Crippen molar-refractivity contribution in [1.82, 2.24) is 5.32 Å². The molecule has 1 aromatic carbocycles. The Kier molecular flexibility index (Phi) is 4.08. The Morgan fingerprint density at radius 1 is 1.20 bits per heavy atom. The van der Waals surface area contributed by atoms with Gasteiger partial charge in [0.05, 0.1) is 6.61 Å². The van der Waals surface area contributed by atoms with E-state index in [1.807, 2.05) is 6.07 Å². The first-order chi connectivity index (χ1) is 9.71. The van der Waals surface area contributed by atoms with Crippen molar-refractivity contribution in [2.45, 2.75) is 64.1 Å². The van der Waals surface area contributed by atoms with Gasteiger partial charge in [-0.2, -0.15) is 0 Å². The molecule has 2 N–H and O–H groups in total. The summed E-state index contributed by atoms with van der Waals surface area (Å²) in [5.41, 5.74) is 1.98. The maximum atomic E-state index is 13.6. The Hall–Kier alpha value is -0.930. The number of hydrogen-bond acceptors (Lipinski definition) is 2. The van der Waals surface area contributed by atoms with E-state index in [9.17, 15) is 4.39 Å². The van der Waals surface area contributed by atoms with E-state index in [-0.39, 0.29) is 12.4 Å². The van der Waals surface area contributed by atoms with Gasteiger partial charge in [0.1, 0.15) is 5.82 Å². The summed E-state index contributed by atoms with van der Waals surface area (Å²) in [6.45, 7) is 0.494. The first kappa shape index (κ1) is 14.0. The lowest BCUT2D eigenvalue weighted by Crippen LogP contribution is -2.49. The number of aliphatic hydroxyl groups excluding tert-OH is 1. The number of aliphatic hydroxyl groups is 1. The van der Waals surface area contributed by atoms with Crippen LogP contribution in [0, 0.1) is 11.2 Å². The number of rotatable bonds is 4. The van der Waals surface area contributed by atoms with Crippen molar-refractivity contribution >= 4 is 0 Å². The van der Waals surface area contributed by atoms with Crippen molar-refractivity contribution in [3.63, 3.8) is 0 Å². The summed E-state index contributed by atoms with van der Waals surface area (Å²) in [7, 11) is 0. The van der Waals surface area contributed by atoms with Gasteiger partial charge in [-0.15, -0.1) is 0 Å². The third kappa shape index (κ3) is 2.89. The highest BCUT2D eigenvalue weighted by molar-refractivity contribution is 5.24. The van der Waals surface area contributed by atoms with E-state index in [1.165, 1.54) is 51.0 Å². The van der Waals surface area contributed by atoms with E-state index in [0.717, 1.165) is 12.1 Å². The molecule has 2 aliphatic rings. The number of halogens is 1. The monoisotopic (exact) mass is 277 g/mol. The summed E-state index contributed by atoms with van der Waals surface area (Å²) in [5.74, 6) is -0.302. The summed E-state index contributed by atoms with van der Waals surface area (Å²) in [6, 6.07) is 5.72. The van der Waals surface area contributed by atoms with Crippen LogP contribution in [-0.4, -0.2) is 11.1 Å². The predicted octanol–water partition coefficient (Wildman–Crippen LogP) is 3.52. The third-order valence-electron chi connectivity index (χ3n) is 5.16. The molecule has 0 bridgehead atoms. The fourth-order valence-corrected chi connectivity index (χ4v) is 3.93. The molecule has 0 aliphatic heterocycles. The lowest BCUT2D eigenvalue weighted by atomic mass is 9.58. The molecule has 0 heterocycles. The van der Waals surface area contributed by atoms with Crippen LogP contribution in [0.2, 0.25) is 0 Å². The number of hydrogen-bond donors (Lipinski definition) is 2. The van der Waals surface area contributed by atoms with Crippen LogP contribution >= 0.6 is 0 Å². The molecule has 2 fully saturated rings. The fourth-order valence-electron chi connectivity index (χ4n) is 3.93. The molecule has 2 saturated carbocycles. The summed E-state index contributed by atoms with van der Waals surface area (Å²) < 4.78 is 13.6. The van der Waals surface area contributed by atoms with Crippen molar-refractivity contribution in [3.8, 4) is 0 Å². The molecule has 3 heteroatoms. The zero-order chi connectivity index (χ0) is 14.0. The van der Waals surface area contributed by atoms with E-state index < -0.39 is 0 Å². The highest BCUT2D eigenvalue weighted by Crippen LogP contribution is 2.51. The number of nitrogens with one attached hydrogen (secondary N) is 1. The smallest absolute Gasteiger partial charge is 0.129 e. The molecule has 0 amide bonds. The quantitative estimate of drug-likeness (QED) is 0.882. The van der Waals surface area contributed by atoms with Crippen molar-refractivity contribution in [2.75, 3.05) is 0 Å². The Balaban J connectivity index is 1.48. The van der Waals surface area contributed by atoms with Crippen LogP contribution < -0.4 is 5.32 Å². The highest BCUT2D eigenvalue weighted by atomic mass is 19.1. The first-order valence-electron chi connectivity index (χ1n) is 7.82. The lowest BCUT2D eigenvalue weighted by Gasteiger charge is -2.50. The minimum Gasteiger partial charge on any atom is -0.392 e. The van der Waals surface area contributed by atoms with Gasteiger partial charge >= 0.3 is 0 Å². The standard InChI is InChI=1S/C17H24FNO/c18-16-8-13(4-5-14(16)12-20)11-19-15-9-17(10-15)6-2-1-3-7-17/h4-5,8,15,19-20H,1-3,6-7,9-12H2. The van der Waals surface area contributed by atoms with Gasteiger partial charge < -0.3 is 10.4 Å². The number of benzene rings is 1. The average molecular weight is 277 g/mol. The molecule has 0 radical (unpaired) electrons. The van der Waals surface area contributed by atoms with Gasteiger partial charge in [0.15, 0.2) is 0 Å². The summed E-state index contributed by atoms with van der Waals surface area (Å²) in [5, 5.41) is 12.5. The van der Waals surface area contributed by atoms with Crippen LogP contribution in [0.15, 0.2) is 18.2 Å². The molecule has 2 aliphatic carbocycles. The van der Waals surface area contributed by atoms with Gasteiger partial charge in [0.2, 0.25) is 0 Å². The van der Waals surface area contributed by atoms with E-state index in [0.29, 0.717) is 17.0 Å². The molecule has 110 valence electrons. The van der Waals surface area contributed by atoms with Crippen LogP contribution in [0.25, 0.3) is 0 Å². The second-order valence-electron chi connectivity index (χ2n) is 6.63. The van der Waals surface area contributed by atoms with Gasteiger partial charge in [-0.1, -0.05) is 31.4 Å². The highest BCUT2D eigenvalue weighted by Gasteiger charge is 2.43. The maximum absolute atomic E-state index is 13.6. The van der Waals surface area contributed by atoms with Crippen molar-refractivity contribution < 1.29 is 9.50 Å². The predicted molar refractivity (Wildman–Crippen MR) is 77.7 cm³/mol. The molecular weight excluding hydrogens is 253 g/mol. The van der Waals surface area contributed by atoms with Crippen LogP contribution in [-0.2, 0) is 13.2 Å². The Labute approximate surface area is 120 Å². The van der Waals surface area contributed by atoms with Gasteiger partial charge in [-0.25, -0.2) is 4.39 Å². The van der Waals surface area contributed by atoms with Crippen LogP contribution in [0.5, 0.6) is 0 Å². The largest absolute Gasteiger partial charge is 0.392 e. The molecular formula is C17H24FNO. The molecule has 0 unspecified atom stereocenters. The van der Waals surface area contributed by atoms with E-state index in [1.54, 1.807) is 6.07 Å². The first-order valence-corrected chi connectivity index (χ1v) is 7.82. The topological polar surface area (TPSA) is 32.3 Å². The van der Waals surface area contributed by atoms with Crippen LogP contribution in [0.3, 0.4) is 0 Å². The Morgan fingerprint density at radius 3 is 2.60 bits per heavy atom.